The zero-order valence-electron chi connectivity index (χ0n) is 12.7. The standard InChI is InChI=1S/C16H31NO/c1-12-9-13(2)14(15(18)10-12)11-17-7-5-16(3,4)6-8-17/h12-15,18H,5-11H2,1-4H3. The van der Waals surface area contributed by atoms with E-state index in [0.29, 0.717) is 23.2 Å². The fourth-order valence-corrected chi connectivity index (χ4v) is 3.81. The number of piperidine rings is 1. The first-order valence-electron chi connectivity index (χ1n) is 7.78. The highest BCUT2D eigenvalue weighted by Crippen LogP contribution is 2.36. The number of rotatable bonds is 2. The lowest BCUT2D eigenvalue weighted by Crippen LogP contribution is -2.46. The molecule has 2 aliphatic rings. The number of aliphatic hydroxyl groups excluding tert-OH is 1. The number of nitrogens with zero attached hydrogens (tertiary/aromatic N) is 1. The van der Waals surface area contributed by atoms with Gasteiger partial charge in [-0.3, -0.25) is 0 Å². The van der Waals surface area contributed by atoms with E-state index in [1.54, 1.807) is 0 Å². The first-order valence-corrected chi connectivity index (χ1v) is 7.78. The molecule has 1 saturated carbocycles. The summed E-state index contributed by atoms with van der Waals surface area (Å²) in [6.45, 7) is 12.9. The SMILES string of the molecule is CC1CC(C)C(CN2CCC(C)(C)CC2)C(O)C1. The summed E-state index contributed by atoms with van der Waals surface area (Å²) in [4.78, 5) is 2.59. The van der Waals surface area contributed by atoms with E-state index in [1.807, 2.05) is 0 Å². The van der Waals surface area contributed by atoms with Crippen molar-refractivity contribution in [2.24, 2.45) is 23.2 Å². The Bertz CT molecular complexity index is 254. The molecule has 2 fully saturated rings. The van der Waals surface area contributed by atoms with E-state index in [-0.39, 0.29) is 6.10 Å². The number of hydrogen-bond donors (Lipinski definition) is 1. The van der Waals surface area contributed by atoms with Crippen molar-refractivity contribution in [3.8, 4) is 0 Å². The third-order valence-corrected chi connectivity index (χ3v) is 5.32. The van der Waals surface area contributed by atoms with Crippen molar-refractivity contribution < 1.29 is 5.11 Å². The van der Waals surface area contributed by atoms with Crippen LogP contribution >= 0.6 is 0 Å². The zero-order chi connectivity index (χ0) is 13.3. The molecule has 0 aromatic carbocycles. The van der Waals surface area contributed by atoms with Gasteiger partial charge >= 0.3 is 0 Å². The minimum absolute atomic E-state index is 0.0707. The summed E-state index contributed by atoms with van der Waals surface area (Å²) < 4.78 is 0. The highest BCUT2D eigenvalue weighted by atomic mass is 16.3. The van der Waals surface area contributed by atoms with Gasteiger partial charge in [-0.1, -0.05) is 27.7 Å². The van der Waals surface area contributed by atoms with Crippen molar-refractivity contribution in [3.63, 3.8) is 0 Å². The Labute approximate surface area is 113 Å². The summed E-state index contributed by atoms with van der Waals surface area (Å²) in [6.07, 6.45) is 4.84. The minimum atomic E-state index is -0.0707. The van der Waals surface area contributed by atoms with Crippen LogP contribution in [0.15, 0.2) is 0 Å². The second-order valence-corrected chi connectivity index (χ2v) is 7.75. The van der Waals surface area contributed by atoms with Crippen molar-refractivity contribution in [2.45, 2.75) is 59.5 Å². The van der Waals surface area contributed by atoms with Crippen molar-refractivity contribution >= 4 is 0 Å². The lowest BCUT2D eigenvalue weighted by Gasteiger charge is -2.43. The number of hydrogen-bond acceptors (Lipinski definition) is 2. The molecule has 2 rings (SSSR count). The molecule has 1 aliphatic carbocycles. The Morgan fingerprint density at radius 1 is 1.11 bits per heavy atom. The van der Waals surface area contributed by atoms with Crippen LogP contribution in [0.2, 0.25) is 0 Å². The van der Waals surface area contributed by atoms with Crippen LogP contribution in [0.4, 0.5) is 0 Å². The fourth-order valence-electron chi connectivity index (χ4n) is 3.81. The van der Waals surface area contributed by atoms with Crippen LogP contribution in [0.5, 0.6) is 0 Å². The Morgan fingerprint density at radius 2 is 1.72 bits per heavy atom. The van der Waals surface area contributed by atoms with Gasteiger partial charge in [-0.2, -0.15) is 0 Å². The molecule has 1 aliphatic heterocycles. The molecule has 0 bridgehead atoms. The lowest BCUT2D eigenvalue weighted by molar-refractivity contribution is -0.0105. The summed E-state index contributed by atoms with van der Waals surface area (Å²) in [7, 11) is 0. The second kappa shape index (κ2) is 5.50. The van der Waals surface area contributed by atoms with Gasteiger partial charge in [-0.05, 0) is 56.0 Å². The maximum absolute atomic E-state index is 10.3. The van der Waals surface area contributed by atoms with Gasteiger partial charge in [0, 0.05) is 12.5 Å². The van der Waals surface area contributed by atoms with Crippen LogP contribution in [0, 0.1) is 23.2 Å². The molecule has 106 valence electrons. The summed E-state index contributed by atoms with van der Waals surface area (Å²) >= 11 is 0. The fraction of sp³-hybridized carbons (Fsp3) is 1.00. The van der Waals surface area contributed by atoms with Crippen molar-refractivity contribution in [1.82, 2.24) is 4.90 Å². The molecule has 4 atom stereocenters. The summed E-state index contributed by atoms with van der Waals surface area (Å²) in [5, 5.41) is 10.3. The average molecular weight is 253 g/mol. The highest BCUT2D eigenvalue weighted by molar-refractivity contribution is 4.87. The largest absolute Gasteiger partial charge is 0.393 e. The molecule has 4 unspecified atom stereocenters. The Morgan fingerprint density at radius 3 is 2.28 bits per heavy atom. The van der Waals surface area contributed by atoms with Gasteiger partial charge in [0.05, 0.1) is 6.10 Å². The van der Waals surface area contributed by atoms with Crippen LogP contribution in [0.25, 0.3) is 0 Å². The lowest BCUT2D eigenvalue weighted by atomic mass is 9.73. The predicted molar refractivity (Wildman–Crippen MR) is 76.5 cm³/mol. The zero-order valence-corrected chi connectivity index (χ0v) is 12.7. The molecule has 1 saturated heterocycles. The molecular weight excluding hydrogens is 222 g/mol. The molecule has 2 heteroatoms. The first kappa shape index (κ1) is 14.3. The van der Waals surface area contributed by atoms with Crippen LogP contribution in [-0.4, -0.2) is 35.7 Å². The molecule has 1 N–H and O–H groups in total. The van der Waals surface area contributed by atoms with E-state index in [0.717, 1.165) is 13.0 Å². The van der Waals surface area contributed by atoms with Gasteiger partial charge in [0.1, 0.15) is 0 Å². The molecule has 0 aromatic heterocycles. The molecule has 0 amide bonds. The monoisotopic (exact) mass is 253 g/mol. The van der Waals surface area contributed by atoms with Crippen LogP contribution < -0.4 is 0 Å². The van der Waals surface area contributed by atoms with Crippen molar-refractivity contribution in [2.75, 3.05) is 19.6 Å². The van der Waals surface area contributed by atoms with Crippen molar-refractivity contribution in [1.29, 1.82) is 0 Å². The maximum Gasteiger partial charge on any atom is 0.0585 e. The summed E-state index contributed by atoms with van der Waals surface area (Å²) in [5.74, 6) is 1.88. The predicted octanol–water partition coefficient (Wildman–Crippen LogP) is 3.15. The molecule has 0 spiro atoms. The third kappa shape index (κ3) is 3.48. The van der Waals surface area contributed by atoms with Crippen LogP contribution in [0.3, 0.4) is 0 Å². The summed E-state index contributed by atoms with van der Waals surface area (Å²) in [6, 6.07) is 0. The molecule has 18 heavy (non-hydrogen) atoms. The smallest absolute Gasteiger partial charge is 0.0585 e. The van der Waals surface area contributed by atoms with Crippen molar-refractivity contribution in [3.05, 3.63) is 0 Å². The van der Waals surface area contributed by atoms with Gasteiger partial charge in [-0.25, -0.2) is 0 Å². The van der Waals surface area contributed by atoms with Crippen LogP contribution in [-0.2, 0) is 0 Å². The topological polar surface area (TPSA) is 23.5 Å². The Kier molecular flexibility index (Phi) is 4.38. The quantitative estimate of drug-likeness (QED) is 0.817. The van der Waals surface area contributed by atoms with Gasteiger partial charge in [0.2, 0.25) is 0 Å². The van der Waals surface area contributed by atoms with Gasteiger partial charge in [0.25, 0.3) is 0 Å². The molecule has 0 radical (unpaired) electrons. The molecule has 2 nitrogen and oxygen atoms in total. The van der Waals surface area contributed by atoms with E-state index >= 15 is 0 Å². The number of likely N-dealkylation sites (tertiary alicyclic amines) is 1. The second-order valence-electron chi connectivity index (χ2n) is 7.75. The highest BCUT2D eigenvalue weighted by Gasteiger charge is 2.35. The number of aliphatic hydroxyl groups is 1. The maximum atomic E-state index is 10.3. The Balaban J connectivity index is 1.86. The average Bonchev–Trinajstić information content (AvgIpc) is 2.25. The van der Waals surface area contributed by atoms with Gasteiger partial charge in [-0.15, -0.1) is 0 Å². The van der Waals surface area contributed by atoms with E-state index in [2.05, 4.69) is 32.6 Å². The van der Waals surface area contributed by atoms with E-state index in [9.17, 15) is 5.11 Å². The minimum Gasteiger partial charge on any atom is -0.393 e. The Hall–Kier alpha value is -0.0800. The molecular formula is C16H31NO. The molecule has 1 heterocycles. The van der Waals surface area contributed by atoms with E-state index < -0.39 is 0 Å². The van der Waals surface area contributed by atoms with Gasteiger partial charge < -0.3 is 10.0 Å². The van der Waals surface area contributed by atoms with E-state index in [1.165, 1.54) is 32.4 Å². The molecule has 0 aromatic rings. The first-order chi connectivity index (χ1) is 8.37. The van der Waals surface area contributed by atoms with Gasteiger partial charge in [0.15, 0.2) is 0 Å². The third-order valence-electron chi connectivity index (χ3n) is 5.32. The normalized spacial score (nSPS) is 41.8. The van der Waals surface area contributed by atoms with Crippen LogP contribution in [0.1, 0.15) is 53.4 Å². The van der Waals surface area contributed by atoms with E-state index in [4.69, 9.17) is 0 Å². The summed E-state index contributed by atoms with van der Waals surface area (Å²) in [5.41, 5.74) is 0.530.